The van der Waals surface area contributed by atoms with Crippen molar-refractivity contribution >= 4 is 5.91 Å². The molecule has 0 atom stereocenters. The van der Waals surface area contributed by atoms with E-state index in [0.717, 1.165) is 16.2 Å². The molecule has 118 valence electrons. The Hall–Kier alpha value is -1.72. The summed E-state index contributed by atoms with van der Waals surface area (Å²) in [6.07, 6.45) is -3.92. The molecule has 1 aromatic rings. The number of alkyl halides is 3. The van der Waals surface area contributed by atoms with Crippen LogP contribution in [0.15, 0.2) is 24.3 Å². The van der Waals surface area contributed by atoms with Crippen LogP contribution in [0.3, 0.4) is 0 Å². The van der Waals surface area contributed by atoms with Gasteiger partial charge >= 0.3 is 6.18 Å². The molecule has 0 bridgehead atoms. The van der Waals surface area contributed by atoms with E-state index in [-0.39, 0.29) is 13.0 Å². The Balaban J connectivity index is 2.34. The molecule has 1 amide bonds. The molecule has 1 rings (SSSR count). The molecule has 0 fully saturated rings. The highest BCUT2D eigenvalue weighted by Crippen LogP contribution is 2.18. The first-order valence-electron chi connectivity index (χ1n) is 6.86. The minimum atomic E-state index is -4.36. The first-order chi connectivity index (χ1) is 9.83. The summed E-state index contributed by atoms with van der Waals surface area (Å²) < 4.78 is 42.4. The maximum atomic E-state index is 12.3. The average Bonchev–Trinajstić information content (AvgIpc) is 2.41. The second kappa shape index (κ2) is 7.90. The van der Waals surface area contributed by atoms with Crippen LogP contribution in [-0.4, -0.2) is 36.7 Å². The van der Waals surface area contributed by atoms with Gasteiger partial charge in [0.15, 0.2) is 0 Å². The zero-order valence-electron chi connectivity index (χ0n) is 12.2. The Bertz CT molecular complexity index is 460. The quantitative estimate of drug-likeness (QED) is 0.721. The molecular weight excluding hydrogens is 283 g/mol. The van der Waals surface area contributed by atoms with Crippen molar-refractivity contribution in [1.29, 1.82) is 0 Å². The first-order valence-corrected chi connectivity index (χ1v) is 6.86. The van der Waals surface area contributed by atoms with E-state index in [9.17, 15) is 18.0 Å². The van der Waals surface area contributed by atoms with E-state index in [1.807, 2.05) is 31.2 Å². The SMILES string of the molecule is CCN(CC(F)(F)F)C(=O)CCCOc1ccccc1C. The van der Waals surface area contributed by atoms with Gasteiger partial charge in [-0.2, -0.15) is 13.2 Å². The van der Waals surface area contributed by atoms with Gasteiger partial charge in [-0.05, 0) is 31.9 Å². The van der Waals surface area contributed by atoms with Crippen molar-refractivity contribution in [1.82, 2.24) is 4.90 Å². The summed E-state index contributed by atoms with van der Waals surface area (Å²) in [6.45, 7) is 2.61. The van der Waals surface area contributed by atoms with Gasteiger partial charge in [-0.1, -0.05) is 18.2 Å². The number of hydrogen-bond donors (Lipinski definition) is 0. The van der Waals surface area contributed by atoms with E-state index in [0.29, 0.717) is 13.0 Å². The molecule has 1 aromatic carbocycles. The number of ether oxygens (including phenoxy) is 1. The largest absolute Gasteiger partial charge is 0.493 e. The molecule has 3 nitrogen and oxygen atoms in total. The number of para-hydroxylation sites is 1. The van der Waals surface area contributed by atoms with Gasteiger partial charge in [0.1, 0.15) is 12.3 Å². The zero-order chi connectivity index (χ0) is 15.9. The monoisotopic (exact) mass is 303 g/mol. The molecule has 0 radical (unpaired) electrons. The van der Waals surface area contributed by atoms with E-state index in [1.165, 1.54) is 6.92 Å². The van der Waals surface area contributed by atoms with Crippen LogP contribution in [0.5, 0.6) is 5.75 Å². The van der Waals surface area contributed by atoms with Crippen molar-refractivity contribution in [3.63, 3.8) is 0 Å². The lowest BCUT2D eigenvalue weighted by Gasteiger charge is -2.22. The Kier molecular flexibility index (Phi) is 6.52. The van der Waals surface area contributed by atoms with Crippen molar-refractivity contribution in [2.75, 3.05) is 19.7 Å². The molecule has 0 aliphatic heterocycles. The highest BCUT2D eigenvalue weighted by molar-refractivity contribution is 5.76. The first kappa shape index (κ1) is 17.3. The minimum Gasteiger partial charge on any atom is -0.493 e. The fraction of sp³-hybridized carbons (Fsp3) is 0.533. The minimum absolute atomic E-state index is 0.0514. The van der Waals surface area contributed by atoms with Gasteiger partial charge in [0.25, 0.3) is 0 Å². The highest BCUT2D eigenvalue weighted by atomic mass is 19.4. The van der Waals surface area contributed by atoms with E-state index in [4.69, 9.17) is 4.74 Å². The molecule has 0 aliphatic carbocycles. The number of carbonyl (C=O) groups excluding carboxylic acids is 1. The summed E-state index contributed by atoms with van der Waals surface area (Å²) >= 11 is 0. The van der Waals surface area contributed by atoms with Gasteiger partial charge in [0.2, 0.25) is 5.91 Å². The van der Waals surface area contributed by atoms with Crippen molar-refractivity contribution in [2.24, 2.45) is 0 Å². The predicted molar refractivity (Wildman–Crippen MR) is 74.2 cm³/mol. The van der Waals surface area contributed by atoms with Crippen molar-refractivity contribution in [3.05, 3.63) is 29.8 Å². The van der Waals surface area contributed by atoms with Crippen LogP contribution in [0, 0.1) is 6.92 Å². The van der Waals surface area contributed by atoms with Gasteiger partial charge in [0, 0.05) is 13.0 Å². The molecule has 0 aromatic heterocycles. The Morgan fingerprint density at radius 3 is 2.52 bits per heavy atom. The van der Waals surface area contributed by atoms with Crippen LogP contribution in [-0.2, 0) is 4.79 Å². The summed E-state index contributed by atoms with van der Waals surface area (Å²) in [6, 6.07) is 7.46. The molecule has 0 heterocycles. The normalized spacial score (nSPS) is 11.3. The number of benzene rings is 1. The lowest BCUT2D eigenvalue weighted by atomic mass is 10.2. The molecule has 6 heteroatoms. The lowest BCUT2D eigenvalue weighted by molar-refractivity contribution is -0.160. The molecule has 0 saturated heterocycles. The second-order valence-electron chi connectivity index (χ2n) is 4.74. The maximum absolute atomic E-state index is 12.3. The Labute approximate surface area is 122 Å². The smallest absolute Gasteiger partial charge is 0.406 e. The van der Waals surface area contributed by atoms with Crippen molar-refractivity contribution in [2.45, 2.75) is 32.9 Å². The van der Waals surface area contributed by atoms with E-state index >= 15 is 0 Å². The predicted octanol–water partition coefficient (Wildman–Crippen LogP) is 3.56. The molecule has 0 saturated carbocycles. The molecule has 0 spiro atoms. The van der Waals surface area contributed by atoms with Crippen LogP contribution >= 0.6 is 0 Å². The summed E-state index contributed by atoms with van der Waals surface area (Å²) in [5.74, 6) is 0.232. The van der Waals surface area contributed by atoms with Gasteiger partial charge < -0.3 is 9.64 Å². The third-order valence-corrected chi connectivity index (χ3v) is 2.99. The van der Waals surface area contributed by atoms with Gasteiger partial charge in [-0.25, -0.2) is 0 Å². The van der Waals surface area contributed by atoms with E-state index in [2.05, 4.69) is 0 Å². The summed E-state index contributed by atoms with van der Waals surface area (Å²) in [7, 11) is 0. The number of amides is 1. The second-order valence-corrected chi connectivity index (χ2v) is 4.74. The van der Waals surface area contributed by atoms with E-state index < -0.39 is 18.6 Å². The Morgan fingerprint density at radius 1 is 1.29 bits per heavy atom. The van der Waals surface area contributed by atoms with Crippen LogP contribution in [0.25, 0.3) is 0 Å². The molecule has 21 heavy (non-hydrogen) atoms. The number of halogens is 3. The van der Waals surface area contributed by atoms with E-state index in [1.54, 1.807) is 0 Å². The number of carbonyl (C=O) groups is 1. The molecule has 0 N–H and O–H groups in total. The van der Waals surface area contributed by atoms with Crippen molar-refractivity contribution in [3.8, 4) is 5.75 Å². The third kappa shape index (κ3) is 6.51. The standard InChI is InChI=1S/C15H20F3NO2/c1-3-19(11-15(16,17)18)14(20)9-6-10-21-13-8-5-4-7-12(13)2/h4-5,7-8H,3,6,9-11H2,1-2H3. The van der Waals surface area contributed by atoms with Crippen LogP contribution < -0.4 is 4.74 Å². The Morgan fingerprint density at radius 2 is 1.95 bits per heavy atom. The molecule has 0 aliphatic rings. The molecular formula is C15H20F3NO2. The van der Waals surface area contributed by atoms with Crippen LogP contribution in [0.1, 0.15) is 25.3 Å². The van der Waals surface area contributed by atoms with Crippen LogP contribution in [0.4, 0.5) is 13.2 Å². The lowest BCUT2D eigenvalue weighted by Crippen LogP contribution is -2.38. The summed E-state index contributed by atoms with van der Waals surface area (Å²) in [5, 5.41) is 0. The fourth-order valence-corrected chi connectivity index (χ4v) is 1.87. The number of hydrogen-bond acceptors (Lipinski definition) is 2. The van der Waals surface area contributed by atoms with Crippen LogP contribution in [0.2, 0.25) is 0 Å². The maximum Gasteiger partial charge on any atom is 0.406 e. The van der Waals surface area contributed by atoms with Gasteiger partial charge in [0.05, 0.1) is 6.61 Å². The molecule has 0 unspecified atom stereocenters. The topological polar surface area (TPSA) is 29.5 Å². The summed E-state index contributed by atoms with van der Waals surface area (Å²) in [4.78, 5) is 12.5. The zero-order valence-corrected chi connectivity index (χ0v) is 12.2. The number of nitrogens with zero attached hydrogens (tertiary/aromatic N) is 1. The summed E-state index contributed by atoms with van der Waals surface area (Å²) in [5.41, 5.74) is 0.982. The van der Waals surface area contributed by atoms with Gasteiger partial charge in [-0.15, -0.1) is 0 Å². The fourth-order valence-electron chi connectivity index (χ4n) is 1.87. The number of rotatable bonds is 7. The van der Waals surface area contributed by atoms with Crippen molar-refractivity contribution < 1.29 is 22.7 Å². The van der Waals surface area contributed by atoms with Gasteiger partial charge in [-0.3, -0.25) is 4.79 Å². The third-order valence-electron chi connectivity index (χ3n) is 2.99. The number of aryl methyl sites for hydroxylation is 1. The highest BCUT2D eigenvalue weighted by Gasteiger charge is 2.31. The average molecular weight is 303 g/mol.